The lowest BCUT2D eigenvalue weighted by Crippen LogP contribution is -2.31. The number of hydrogen-bond donors (Lipinski definition) is 2. The molecular formula is C20H28N4O4S2. The predicted octanol–water partition coefficient (Wildman–Crippen LogP) is 3.98. The minimum Gasteiger partial charge on any atom is -0.462 e. The van der Waals surface area contributed by atoms with Crippen molar-refractivity contribution >= 4 is 45.6 Å². The van der Waals surface area contributed by atoms with Gasteiger partial charge in [-0.3, -0.25) is 4.68 Å². The smallest absolute Gasteiger partial charge is 0.348 e. The van der Waals surface area contributed by atoms with E-state index in [4.69, 9.17) is 21.7 Å². The summed E-state index contributed by atoms with van der Waals surface area (Å²) in [6.45, 7) is 12.4. The maximum absolute atomic E-state index is 12.5. The molecule has 2 heterocycles. The molecule has 1 unspecified atom stereocenters. The van der Waals surface area contributed by atoms with Crippen LogP contribution in [-0.4, -0.2) is 40.0 Å². The molecule has 2 rings (SSSR count). The maximum atomic E-state index is 12.5. The Morgan fingerprint density at radius 2 is 1.83 bits per heavy atom. The molecule has 0 aliphatic heterocycles. The van der Waals surface area contributed by atoms with E-state index < -0.39 is 11.9 Å². The molecular weight excluding hydrogens is 424 g/mol. The van der Waals surface area contributed by atoms with Crippen molar-refractivity contribution < 1.29 is 19.1 Å². The number of thiophene rings is 1. The van der Waals surface area contributed by atoms with Crippen LogP contribution in [0.25, 0.3) is 0 Å². The zero-order valence-corrected chi connectivity index (χ0v) is 19.8. The molecule has 2 aromatic heterocycles. The first-order chi connectivity index (χ1) is 14.2. The second-order valence-corrected chi connectivity index (χ2v) is 7.98. The van der Waals surface area contributed by atoms with E-state index in [9.17, 15) is 9.59 Å². The standard InChI is InChI=1S/C20H28N4O4S2/c1-7-24-10-14(13(6)23-24)12(5)21-20(29)22-17-15(18(25)27-8-2)11(4)16(30-17)19(26)28-9-3/h10,12H,7-9H2,1-6H3,(H2,21,22,29). The molecule has 2 N–H and O–H groups in total. The molecule has 0 saturated heterocycles. The number of hydrogen-bond acceptors (Lipinski definition) is 7. The van der Waals surface area contributed by atoms with Crippen molar-refractivity contribution in [2.24, 2.45) is 0 Å². The number of rotatable bonds is 8. The summed E-state index contributed by atoms with van der Waals surface area (Å²) in [5.74, 6) is -0.992. The first-order valence-electron chi connectivity index (χ1n) is 9.82. The highest BCUT2D eigenvalue weighted by Crippen LogP contribution is 2.34. The number of ether oxygens (including phenoxy) is 2. The molecule has 0 aliphatic carbocycles. The first-order valence-corrected chi connectivity index (χ1v) is 11.0. The molecule has 0 aromatic carbocycles. The number of nitrogens with zero attached hydrogens (tertiary/aromatic N) is 2. The van der Waals surface area contributed by atoms with Gasteiger partial charge in [-0.1, -0.05) is 0 Å². The summed E-state index contributed by atoms with van der Waals surface area (Å²) in [5, 5.41) is 11.5. The molecule has 0 fully saturated rings. The highest BCUT2D eigenvalue weighted by Gasteiger charge is 2.27. The van der Waals surface area contributed by atoms with Gasteiger partial charge in [0.05, 0.1) is 30.5 Å². The summed E-state index contributed by atoms with van der Waals surface area (Å²) in [6.07, 6.45) is 1.98. The lowest BCUT2D eigenvalue weighted by Gasteiger charge is -2.16. The van der Waals surface area contributed by atoms with Crippen LogP contribution < -0.4 is 10.6 Å². The van der Waals surface area contributed by atoms with Crippen LogP contribution in [0.2, 0.25) is 0 Å². The third-order valence-corrected chi connectivity index (χ3v) is 5.84. The van der Waals surface area contributed by atoms with Gasteiger partial charge in [0, 0.05) is 18.3 Å². The molecule has 0 amide bonds. The fourth-order valence-corrected chi connectivity index (χ4v) is 4.41. The predicted molar refractivity (Wildman–Crippen MR) is 121 cm³/mol. The Morgan fingerprint density at radius 1 is 1.20 bits per heavy atom. The molecule has 30 heavy (non-hydrogen) atoms. The van der Waals surface area contributed by atoms with E-state index in [1.54, 1.807) is 20.8 Å². The molecule has 10 heteroatoms. The summed E-state index contributed by atoms with van der Waals surface area (Å²) in [5.41, 5.74) is 2.75. The normalized spacial score (nSPS) is 11.7. The topological polar surface area (TPSA) is 94.5 Å². The Balaban J connectivity index is 2.25. The van der Waals surface area contributed by atoms with Crippen LogP contribution in [-0.2, 0) is 16.0 Å². The van der Waals surface area contributed by atoms with E-state index in [0.29, 0.717) is 20.6 Å². The first kappa shape index (κ1) is 23.8. The Kier molecular flexibility index (Phi) is 8.36. The number of esters is 2. The van der Waals surface area contributed by atoms with Crippen LogP contribution in [0.1, 0.15) is 70.6 Å². The van der Waals surface area contributed by atoms with Crippen molar-refractivity contribution in [3.63, 3.8) is 0 Å². The SMILES string of the molecule is CCOC(=O)c1sc(NC(=S)NC(C)c2cn(CC)nc2C)c(C(=O)OCC)c1C. The molecule has 2 aromatic rings. The Morgan fingerprint density at radius 3 is 2.40 bits per heavy atom. The van der Waals surface area contributed by atoms with Crippen molar-refractivity contribution in [1.29, 1.82) is 0 Å². The average molecular weight is 453 g/mol. The van der Waals surface area contributed by atoms with Crippen LogP contribution in [0.5, 0.6) is 0 Å². The molecule has 164 valence electrons. The number of nitrogens with one attached hydrogen (secondary N) is 2. The number of carbonyl (C=O) groups excluding carboxylic acids is 2. The van der Waals surface area contributed by atoms with E-state index in [-0.39, 0.29) is 24.8 Å². The van der Waals surface area contributed by atoms with E-state index in [0.717, 1.165) is 29.1 Å². The third kappa shape index (κ3) is 5.37. The highest BCUT2D eigenvalue weighted by atomic mass is 32.1. The maximum Gasteiger partial charge on any atom is 0.348 e. The van der Waals surface area contributed by atoms with Crippen LogP contribution in [0.15, 0.2) is 6.20 Å². The van der Waals surface area contributed by atoms with E-state index in [1.165, 1.54) is 0 Å². The average Bonchev–Trinajstić information content (AvgIpc) is 3.21. The van der Waals surface area contributed by atoms with Gasteiger partial charge in [-0.15, -0.1) is 11.3 Å². The lowest BCUT2D eigenvalue weighted by atomic mass is 10.1. The van der Waals surface area contributed by atoms with Gasteiger partial charge in [-0.2, -0.15) is 5.10 Å². The molecule has 1 atom stereocenters. The van der Waals surface area contributed by atoms with Gasteiger partial charge in [0.1, 0.15) is 9.88 Å². The van der Waals surface area contributed by atoms with Gasteiger partial charge in [0.25, 0.3) is 0 Å². The zero-order valence-electron chi connectivity index (χ0n) is 18.1. The van der Waals surface area contributed by atoms with Gasteiger partial charge in [0.2, 0.25) is 0 Å². The van der Waals surface area contributed by atoms with E-state index >= 15 is 0 Å². The Hall–Kier alpha value is -2.46. The van der Waals surface area contributed by atoms with Crippen LogP contribution in [0, 0.1) is 13.8 Å². The molecule has 8 nitrogen and oxygen atoms in total. The number of thiocarbonyl (C=S) groups is 1. The number of aromatic nitrogens is 2. The molecule has 0 spiro atoms. The zero-order chi connectivity index (χ0) is 22.4. The Labute approximate surface area is 185 Å². The van der Waals surface area contributed by atoms with Gasteiger partial charge in [-0.25, -0.2) is 9.59 Å². The van der Waals surface area contributed by atoms with Crippen molar-refractivity contribution in [1.82, 2.24) is 15.1 Å². The second-order valence-electron chi connectivity index (χ2n) is 6.55. The van der Waals surface area contributed by atoms with Gasteiger partial charge in [-0.05, 0) is 59.3 Å². The molecule has 0 aliphatic rings. The van der Waals surface area contributed by atoms with Gasteiger partial charge in [0.15, 0.2) is 5.11 Å². The monoisotopic (exact) mass is 452 g/mol. The minimum atomic E-state index is -0.514. The fourth-order valence-electron chi connectivity index (χ4n) is 2.98. The van der Waals surface area contributed by atoms with Crippen LogP contribution >= 0.6 is 23.6 Å². The highest BCUT2D eigenvalue weighted by molar-refractivity contribution is 7.80. The second kappa shape index (κ2) is 10.5. The van der Waals surface area contributed by atoms with E-state index in [1.807, 2.05) is 31.6 Å². The fraction of sp³-hybridized carbons (Fsp3) is 0.500. The number of anilines is 1. The summed E-state index contributed by atoms with van der Waals surface area (Å²) >= 11 is 6.58. The molecule has 0 saturated carbocycles. The van der Waals surface area contributed by atoms with E-state index in [2.05, 4.69) is 15.7 Å². The lowest BCUT2D eigenvalue weighted by molar-refractivity contribution is 0.0527. The van der Waals surface area contributed by atoms with Gasteiger partial charge >= 0.3 is 11.9 Å². The summed E-state index contributed by atoms with van der Waals surface area (Å²) in [6, 6.07) is -0.0954. The van der Waals surface area contributed by atoms with Crippen LogP contribution in [0.3, 0.4) is 0 Å². The van der Waals surface area contributed by atoms with Gasteiger partial charge < -0.3 is 20.1 Å². The van der Waals surface area contributed by atoms with Crippen molar-refractivity contribution in [2.75, 3.05) is 18.5 Å². The summed E-state index contributed by atoms with van der Waals surface area (Å²) in [4.78, 5) is 25.1. The van der Waals surface area contributed by atoms with Crippen molar-refractivity contribution in [3.8, 4) is 0 Å². The quantitative estimate of drug-likeness (QED) is 0.459. The van der Waals surface area contributed by atoms with Crippen molar-refractivity contribution in [3.05, 3.63) is 33.5 Å². The molecule has 0 bridgehead atoms. The summed E-state index contributed by atoms with van der Waals surface area (Å²) in [7, 11) is 0. The largest absolute Gasteiger partial charge is 0.462 e. The Bertz CT molecular complexity index is 936. The summed E-state index contributed by atoms with van der Waals surface area (Å²) < 4.78 is 12.1. The minimum absolute atomic E-state index is 0.0954. The van der Waals surface area contributed by atoms with Crippen LogP contribution in [0.4, 0.5) is 5.00 Å². The molecule has 0 radical (unpaired) electrons. The van der Waals surface area contributed by atoms with Crippen molar-refractivity contribution in [2.45, 2.75) is 54.1 Å². The number of aryl methyl sites for hydroxylation is 2. The number of carbonyl (C=O) groups is 2. The third-order valence-electron chi connectivity index (χ3n) is 4.44.